The standard InChI is InChI=1S/C30H36FN3O4S/c1-6-22(3)32-30(36)24(5)33(19-25-15-17-26(31)18-16-25)29(35)20-34(28-14-10-11-21(2)23(28)4)39(37,38)27-12-8-7-9-13-27/h7-18,22,24H,6,19-20H2,1-5H3,(H,32,36). The lowest BCUT2D eigenvalue weighted by atomic mass is 10.1. The van der Waals surface area contributed by atoms with Gasteiger partial charge in [0, 0.05) is 12.6 Å². The van der Waals surface area contributed by atoms with E-state index in [2.05, 4.69) is 5.32 Å². The van der Waals surface area contributed by atoms with E-state index >= 15 is 0 Å². The van der Waals surface area contributed by atoms with Gasteiger partial charge in [0.05, 0.1) is 10.6 Å². The highest BCUT2D eigenvalue weighted by atomic mass is 32.2. The molecule has 0 radical (unpaired) electrons. The van der Waals surface area contributed by atoms with Crippen molar-refractivity contribution in [2.75, 3.05) is 10.8 Å². The van der Waals surface area contributed by atoms with Crippen LogP contribution in [0.5, 0.6) is 0 Å². The molecule has 0 fully saturated rings. The monoisotopic (exact) mass is 553 g/mol. The molecule has 7 nitrogen and oxygen atoms in total. The highest BCUT2D eigenvalue weighted by Crippen LogP contribution is 2.29. The fourth-order valence-electron chi connectivity index (χ4n) is 4.07. The average Bonchev–Trinajstić information content (AvgIpc) is 2.92. The predicted molar refractivity (Wildman–Crippen MR) is 151 cm³/mol. The molecule has 0 heterocycles. The highest BCUT2D eigenvalue weighted by Gasteiger charge is 2.33. The lowest BCUT2D eigenvalue weighted by molar-refractivity contribution is -0.139. The van der Waals surface area contributed by atoms with Gasteiger partial charge in [-0.15, -0.1) is 0 Å². The lowest BCUT2D eigenvalue weighted by Gasteiger charge is -2.33. The minimum absolute atomic E-state index is 0.000228. The van der Waals surface area contributed by atoms with E-state index in [4.69, 9.17) is 0 Å². The van der Waals surface area contributed by atoms with Gasteiger partial charge in [0.1, 0.15) is 18.4 Å². The first kappa shape index (κ1) is 29.8. The normalized spacial score (nSPS) is 12.9. The van der Waals surface area contributed by atoms with Crippen LogP contribution in [0.1, 0.15) is 43.9 Å². The third-order valence-corrected chi connectivity index (χ3v) is 8.66. The summed E-state index contributed by atoms with van der Waals surface area (Å²) in [4.78, 5) is 28.4. The second kappa shape index (κ2) is 12.9. The van der Waals surface area contributed by atoms with E-state index in [1.165, 1.54) is 41.3 Å². The van der Waals surface area contributed by atoms with Crippen molar-refractivity contribution >= 4 is 27.5 Å². The maximum Gasteiger partial charge on any atom is 0.264 e. The number of hydrogen-bond donors (Lipinski definition) is 1. The van der Waals surface area contributed by atoms with E-state index in [-0.39, 0.29) is 23.4 Å². The summed E-state index contributed by atoms with van der Waals surface area (Å²) in [5.74, 6) is -1.34. The van der Waals surface area contributed by atoms with Crippen molar-refractivity contribution in [2.24, 2.45) is 0 Å². The Labute approximate surface area is 230 Å². The van der Waals surface area contributed by atoms with E-state index in [0.29, 0.717) is 17.7 Å². The molecule has 208 valence electrons. The molecule has 0 bridgehead atoms. The minimum Gasteiger partial charge on any atom is -0.352 e. The van der Waals surface area contributed by atoms with Gasteiger partial charge in [-0.3, -0.25) is 13.9 Å². The minimum atomic E-state index is -4.13. The SMILES string of the molecule is CCC(C)NC(=O)C(C)N(Cc1ccc(F)cc1)C(=O)CN(c1cccc(C)c1C)S(=O)(=O)c1ccccc1. The molecule has 0 aliphatic rings. The van der Waals surface area contributed by atoms with Crippen LogP contribution in [0.25, 0.3) is 0 Å². The van der Waals surface area contributed by atoms with E-state index < -0.39 is 34.3 Å². The number of rotatable bonds is 11. The number of hydrogen-bond acceptors (Lipinski definition) is 4. The van der Waals surface area contributed by atoms with Crippen LogP contribution in [0.4, 0.5) is 10.1 Å². The van der Waals surface area contributed by atoms with Gasteiger partial charge in [-0.05, 0) is 81.1 Å². The molecule has 0 aliphatic carbocycles. The Morgan fingerprint density at radius 1 is 0.923 bits per heavy atom. The van der Waals surface area contributed by atoms with Crippen LogP contribution in [-0.4, -0.2) is 43.8 Å². The molecule has 9 heteroatoms. The molecule has 2 unspecified atom stereocenters. The number of carbonyl (C=O) groups excluding carboxylic acids is 2. The number of nitrogens with zero attached hydrogens (tertiary/aromatic N) is 2. The highest BCUT2D eigenvalue weighted by molar-refractivity contribution is 7.92. The van der Waals surface area contributed by atoms with Gasteiger partial charge in [-0.25, -0.2) is 12.8 Å². The Morgan fingerprint density at radius 3 is 2.18 bits per heavy atom. The Bertz CT molecular complexity index is 1400. The molecule has 39 heavy (non-hydrogen) atoms. The number of halogens is 1. The fraction of sp³-hybridized carbons (Fsp3) is 0.333. The molecular formula is C30H36FN3O4S. The van der Waals surface area contributed by atoms with Gasteiger partial charge in [0.2, 0.25) is 11.8 Å². The molecule has 2 atom stereocenters. The topological polar surface area (TPSA) is 86.8 Å². The predicted octanol–water partition coefficient (Wildman–Crippen LogP) is 4.97. The van der Waals surface area contributed by atoms with Crippen molar-refractivity contribution in [3.8, 4) is 0 Å². The summed E-state index contributed by atoms with van der Waals surface area (Å²) in [6, 6.07) is 17.8. The molecule has 3 rings (SSSR count). The van der Waals surface area contributed by atoms with Gasteiger partial charge >= 0.3 is 0 Å². The smallest absolute Gasteiger partial charge is 0.264 e. The molecule has 0 saturated heterocycles. The van der Waals surface area contributed by atoms with Crippen molar-refractivity contribution in [1.29, 1.82) is 0 Å². The number of sulfonamides is 1. The van der Waals surface area contributed by atoms with Crippen molar-refractivity contribution in [3.63, 3.8) is 0 Å². The lowest BCUT2D eigenvalue weighted by Crippen LogP contribution is -2.52. The van der Waals surface area contributed by atoms with Crippen LogP contribution in [0, 0.1) is 19.7 Å². The number of amides is 2. The van der Waals surface area contributed by atoms with Crippen LogP contribution in [0.2, 0.25) is 0 Å². The Morgan fingerprint density at radius 2 is 1.56 bits per heavy atom. The van der Waals surface area contributed by atoms with Crippen LogP contribution in [0.3, 0.4) is 0 Å². The number of benzene rings is 3. The Kier molecular flexibility index (Phi) is 9.86. The summed E-state index contributed by atoms with van der Waals surface area (Å²) in [7, 11) is -4.13. The summed E-state index contributed by atoms with van der Waals surface area (Å²) in [6.07, 6.45) is 0.708. The third-order valence-electron chi connectivity index (χ3n) is 6.89. The molecule has 1 N–H and O–H groups in total. The summed E-state index contributed by atoms with van der Waals surface area (Å²) in [5.41, 5.74) is 2.58. The van der Waals surface area contributed by atoms with Crippen molar-refractivity contribution in [1.82, 2.24) is 10.2 Å². The molecule has 2 amide bonds. The van der Waals surface area contributed by atoms with E-state index in [1.54, 1.807) is 44.2 Å². The first-order valence-corrected chi connectivity index (χ1v) is 14.4. The summed E-state index contributed by atoms with van der Waals surface area (Å²) in [5, 5.41) is 2.89. The molecule has 0 saturated carbocycles. The zero-order chi connectivity index (χ0) is 28.7. The van der Waals surface area contributed by atoms with Gasteiger partial charge in [-0.1, -0.05) is 49.4 Å². The summed E-state index contributed by atoms with van der Waals surface area (Å²) in [6.45, 7) is 8.56. The van der Waals surface area contributed by atoms with Gasteiger partial charge < -0.3 is 10.2 Å². The Hall–Kier alpha value is -3.72. The number of anilines is 1. The number of carbonyl (C=O) groups is 2. The third kappa shape index (κ3) is 7.23. The average molecular weight is 554 g/mol. The summed E-state index contributed by atoms with van der Waals surface area (Å²) >= 11 is 0. The first-order chi connectivity index (χ1) is 18.4. The molecule has 0 aromatic heterocycles. The molecule has 3 aromatic carbocycles. The van der Waals surface area contributed by atoms with E-state index in [0.717, 1.165) is 15.4 Å². The van der Waals surface area contributed by atoms with Gasteiger partial charge in [0.25, 0.3) is 10.0 Å². The second-order valence-corrected chi connectivity index (χ2v) is 11.5. The van der Waals surface area contributed by atoms with Crippen LogP contribution in [0.15, 0.2) is 77.7 Å². The largest absolute Gasteiger partial charge is 0.352 e. The van der Waals surface area contributed by atoms with Crippen LogP contribution in [-0.2, 0) is 26.2 Å². The van der Waals surface area contributed by atoms with Crippen molar-refractivity contribution < 1.29 is 22.4 Å². The molecule has 3 aromatic rings. The van der Waals surface area contributed by atoms with Crippen LogP contribution >= 0.6 is 0 Å². The van der Waals surface area contributed by atoms with Crippen LogP contribution < -0.4 is 9.62 Å². The quantitative estimate of drug-likeness (QED) is 0.363. The van der Waals surface area contributed by atoms with E-state index in [9.17, 15) is 22.4 Å². The van der Waals surface area contributed by atoms with Crippen molar-refractivity contribution in [2.45, 2.75) is 64.6 Å². The molecule has 0 aliphatic heterocycles. The first-order valence-electron chi connectivity index (χ1n) is 12.9. The number of nitrogens with one attached hydrogen (secondary N) is 1. The van der Waals surface area contributed by atoms with Gasteiger partial charge in [-0.2, -0.15) is 0 Å². The van der Waals surface area contributed by atoms with Gasteiger partial charge in [0.15, 0.2) is 0 Å². The molecule has 0 spiro atoms. The second-order valence-electron chi connectivity index (χ2n) is 9.69. The summed E-state index contributed by atoms with van der Waals surface area (Å²) < 4.78 is 42.4. The van der Waals surface area contributed by atoms with Crippen molar-refractivity contribution in [3.05, 3.63) is 95.3 Å². The molecular weight excluding hydrogens is 517 g/mol. The zero-order valence-corrected chi connectivity index (χ0v) is 23.8. The maximum atomic E-state index is 13.9. The fourth-order valence-corrected chi connectivity index (χ4v) is 5.57. The Balaban J connectivity index is 2.05. The number of aryl methyl sites for hydroxylation is 1. The zero-order valence-electron chi connectivity index (χ0n) is 23.0. The maximum absolute atomic E-state index is 13.9. The van der Waals surface area contributed by atoms with E-state index in [1.807, 2.05) is 26.8 Å².